The first-order valence-corrected chi connectivity index (χ1v) is 9.56. The molecule has 1 unspecified atom stereocenters. The van der Waals surface area contributed by atoms with Crippen molar-refractivity contribution < 1.29 is 4.79 Å². The molecular formula is C20H22BrN3O. The van der Waals surface area contributed by atoms with Crippen LogP contribution in [0.1, 0.15) is 45.6 Å². The zero-order chi connectivity index (χ0) is 17.8. The van der Waals surface area contributed by atoms with Crippen LogP contribution in [0.25, 0.3) is 0 Å². The molecule has 1 aromatic rings. The SMILES string of the molecule is CC[C@]1(c2cccc(Br)c2)C2=CN=NC2NC2=C1C(=O)CC(C)(C)C2. The van der Waals surface area contributed by atoms with E-state index in [2.05, 4.69) is 64.4 Å². The molecule has 130 valence electrons. The van der Waals surface area contributed by atoms with Crippen LogP contribution in [0.4, 0.5) is 0 Å². The Hall–Kier alpha value is -1.75. The number of benzene rings is 1. The van der Waals surface area contributed by atoms with Crippen LogP contribution >= 0.6 is 15.9 Å². The van der Waals surface area contributed by atoms with Crippen molar-refractivity contribution in [2.24, 2.45) is 15.6 Å². The molecule has 0 radical (unpaired) electrons. The minimum Gasteiger partial charge on any atom is -0.362 e. The summed E-state index contributed by atoms with van der Waals surface area (Å²) in [6.45, 7) is 6.47. The summed E-state index contributed by atoms with van der Waals surface area (Å²) in [5.41, 5.74) is 3.70. The maximum absolute atomic E-state index is 13.3. The molecular weight excluding hydrogens is 378 g/mol. The van der Waals surface area contributed by atoms with Gasteiger partial charge in [-0.05, 0) is 36.0 Å². The predicted octanol–water partition coefficient (Wildman–Crippen LogP) is 5.02. The molecule has 2 heterocycles. The summed E-state index contributed by atoms with van der Waals surface area (Å²) >= 11 is 3.59. The average molecular weight is 400 g/mol. The first-order chi connectivity index (χ1) is 11.9. The molecule has 4 rings (SSSR count). The normalized spacial score (nSPS) is 29.8. The van der Waals surface area contributed by atoms with E-state index in [1.165, 1.54) is 0 Å². The van der Waals surface area contributed by atoms with Crippen molar-refractivity contribution in [3.05, 3.63) is 57.3 Å². The van der Waals surface area contributed by atoms with Gasteiger partial charge in [0, 0.05) is 27.7 Å². The van der Waals surface area contributed by atoms with Gasteiger partial charge in [0.05, 0.1) is 11.6 Å². The van der Waals surface area contributed by atoms with E-state index in [1.807, 2.05) is 18.3 Å². The highest BCUT2D eigenvalue weighted by Crippen LogP contribution is 2.53. The van der Waals surface area contributed by atoms with Crippen LogP contribution < -0.4 is 5.32 Å². The maximum Gasteiger partial charge on any atom is 0.164 e. The predicted molar refractivity (Wildman–Crippen MR) is 101 cm³/mol. The van der Waals surface area contributed by atoms with E-state index in [9.17, 15) is 4.79 Å². The first-order valence-electron chi connectivity index (χ1n) is 8.77. The number of nitrogens with one attached hydrogen (secondary N) is 1. The molecule has 0 saturated carbocycles. The van der Waals surface area contributed by atoms with Gasteiger partial charge in [-0.25, -0.2) is 0 Å². The molecule has 0 saturated heterocycles. The molecule has 2 aliphatic heterocycles. The molecule has 25 heavy (non-hydrogen) atoms. The summed E-state index contributed by atoms with van der Waals surface area (Å²) in [5.74, 6) is 0.242. The van der Waals surface area contributed by atoms with Crippen LogP contribution in [0, 0.1) is 5.41 Å². The lowest BCUT2D eigenvalue weighted by Crippen LogP contribution is -2.51. The van der Waals surface area contributed by atoms with E-state index in [0.717, 1.165) is 39.7 Å². The first kappa shape index (κ1) is 16.7. The van der Waals surface area contributed by atoms with Gasteiger partial charge in [0.25, 0.3) is 0 Å². The standard InChI is InChI=1S/C20H22BrN3O/c1-4-20(12-6-5-7-13(21)8-12)14-11-22-24-18(14)23-15-9-19(2,3)10-16(25)17(15)20/h5-8,11,18,23H,4,9-10H2,1-3H3/t18?,20-/m0/s1. The summed E-state index contributed by atoms with van der Waals surface area (Å²) in [5, 5.41) is 12.1. The van der Waals surface area contributed by atoms with Crippen LogP contribution in [0.3, 0.4) is 0 Å². The van der Waals surface area contributed by atoms with Crippen LogP contribution in [-0.4, -0.2) is 11.9 Å². The zero-order valence-electron chi connectivity index (χ0n) is 14.8. The highest BCUT2D eigenvalue weighted by atomic mass is 79.9. The lowest BCUT2D eigenvalue weighted by molar-refractivity contribution is -0.119. The second kappa shape index (κ2) is 5.63. The molecule has 1 N–H and O–H groups in total. The molecule has 0 aromatic heterocycles. The maximum atomic E-state index is 13.3. The summed E-state index contributed by atoms with van der Waals surface area (Å²) in [4.78, 5) is 13.3. The number of halogens is 1. The third-order valence-corrected chi connectivity index (χ3v) is 6.12. The van der Waals surface area contributed by atoms with E-state index in [4.69, 9.17) is 0 Å². The summed E-state index contributed by atoms with van der Waals surface area (Å²) in [6.07, 6.45) is 3.93. The molecule has 0 bridgehead atoms. The lowest BCUT2D eigenvalue weighted by Gasteiger charge is -2.47. The van der Waals surface area contributed by atoms with Gasteiger partial charge >= 0.3 is 0 Å². The number of azo groups is 1. The number of hydrogen-bond donors (Lipinski definition) is 1. The third kappa shape index (κ3) is 2.43. The number of Topliss-reactive ketones (excluding diaryl/α,β-unsaturated/α-hetero) is 1. The highest BCUT2D eigenvalue weighted by molar-refractivity contribution is 9.10. The Labute approximate surface area is 156 Å². The van der Waals surface area contributed by atoms with E-state index in [-0.39, 0.29) is 17.4 Å². The van der Waals surface area contributed by atoms with E-state index < -0.39 is 5.41 Å². The van der Waals surface area contributed by atoms with Crippen molar-refractivity contribution in [3.63, 3.8) is 0 Å². The van der Waals surface area contributed by atoms with Crippen LogP contribution in [-0.2, 0) is 10.2 Å². The fraction of sp³-hybridized carbons (Fsp3) is 0.450. The van der Waals surface area contributed by atoms with Crippen molar-refractivity contribution >= 4 is 21.7 Å². The van der Waals surface area contributed by atoms with Gasteiger partial charge in [-0.3, -0.25) is 4.79 Å². The lowest BCUT2D eigenvalue weighted by atomic mass is 9.59. The monoisotopic (exact) mass is 399 g/mol. The number of carbonyl (C=O) groups excluding carboxylic acids is 1. The number of carbonyl (C=O) groups is 1. The Kier molecular flexibility index (Phi) is 3.76. The molecule has 3 aliphatic rings. The molecule has 1 aliphatic carbocycles. The molecule has 0 spiro atoms. The van der Waals surface area contributed by atoms with Crippen molar-refractivity contribution in [2.75, 3.05) is 0 Å². The minimum absolute atomic E-state index is 0.0311. The second-order valence-corrected chi connectivity index (χ2v) is 8.84. The van der Waals surface area contributed by atoms with Crippen molar-refractivity contribution in [1.29, 1.82) is 0 Å². The van der Waals surface area contributed by atoms with E-state index >= 15 is 0 Å². The summed E-state index contributed by atoms with van der Waals surface area (Å²) in [7, 11) is 0. The van der Waals surface area contributed by atoms with Gasteiger partial charge in [0.1, 0.15) is 0 Å². The minimum atomic E-state index is -0.452. The number of ketones is 1. The summed E-state index contributed by atoms with van der Waals surface area (Å²) in [6, 6.07) is 8.30. The number of fused-ring (bicyclic) bond motifs is 1. The molecule has 4 nitrogen and oxygen atoms in total. The molecule has 0 amide bonds. The fourth-order valence-electron chi connectivity index (χ4n) is 4.64. The zero-order valence-corrected chi connectivity index (χ0v) is 16.4. The Bertz CT molecular complexity index is 852. The Morgan fingerprint density at radius 3 is 2.84 bits per heavy atom. The van der Waals surface area contributed by atoms with Gasteiger partial charge < -0.3 is 5.32 Å². The van der Waals surface area contributed by atoms with Gasteiger partial charge in [-0.1, -0.05) is 48.8 Å². The van der Waals surface area contributed by atoms with Gasteiger partial charge in [-0.2, -0.15) is 10.2 Å². The van der Waals surface area contributed by atoms with E-state index in [0.29, 0.717) is 6.42 Å². The van der Waals surface area contributed by atoms with Crippen LogP contribution in [0.2, 0.25) is 0 Å². The van der Waals surface area contributed by atoms with Crippen molar-refractivity contribution in [1.82, 2.24) is 5.32 Å². The Morgan fingerprint density at radius 1 is 1.32 bits per heavy atom. The Morgan fingerprint density at radius 2 is 2.12 bits per heavy atom. The quantitative estimate of drug-likeness (QED) is 0.758. The molecule has 1 aromatic carbocycles. The smallest absolute Gasteiger partial charge is 0.164 e. The van der Waals surface area contributed by atoms with E-state index in [1.54, 1.807) is 0 Å². The number of rotatable bonds is 2. The van der Waals surface area contributed by atoms with Gasteiger partial charge in [0.15, 0.2) is 11.9 Å². The number of nitrogens with zero attached hydrogens (tertiary/aromatic N) is 2. The topological polar surface area (TPSA) is 53.8 Å². The molecule has 5 heteroatoms. The number of allylic oxidation sites excluding steroid dienone is 2. The van der Waals surface area contributed by atoms with Gasteiger partial charge in [-0.15, -0.1) is 0 Å². The van der Waals surface area contributed by atoms with Crippen molar-refractivity contribution in [3.8, 4) is 0 Å². The second-order valence-electron chi connectivity index (χ2n) is 7.93. The average Bonchev–Trinajstić information content (AvgIpc) is 3.00. The van der Waals surface area contributed by atoms with Gasteiger partial charge in [0.2, 0.25) is 0 Å². The number of hydrogen-bond acceptors (Lipinski definition) is 4. The van der Waals surface area contributed by atoms with Crippen molar-refractivity contribution in [2.45, 2.75) is 51.6 Å². The largest absolute Gasteiger partial charge is 0.362 e. The molecule has 0 fully saturated rings. The third-order valence-electron chi connectivity index (χ3n) is 5.63. The highest BCUT2D eigenvalue weighted by Gasteiger charge is 2.52. The molecule has 2 atom stereocenters. The fourth-order valence-corrected chi connectivity index (χ4v) is 5.04. The summed E-state index contributed by atoms with van der Waals surface area (Å²) < 4.78 is 1.02. The van der Waals surface area contributed by atoms with Crippen LogP contribution in [0.5, 0.6) is 0 Å². The van der Waals surface area contributed by atoms with Crippen LogP contribution in [0.15, 0.2) is 62.0 Å². The Balaban J connectivity index is 2.00.